The molecular weight excluding hydrogens is 254 g/mol. The lowest BCUT2D eigenvalue weighted by atomic mass is 10.1. The lowest BCUT2D eigenvalue weighted by Crippen LogP contribution is -3.00. The number of unbranched alkanes of at least 4 members (excludes halogenated alkanes) is 1. The van der Waals surface area contributed by atoms with Crippen LogP contribution < -0.4 is 21.5 Å². The molecule has 2 nitrogen and oxygen atoms in total. The molecule has 0 spiro atoms. The molecule has 0 amide bonds. The van der Waals surface area contributed by atoms with Gasteiger partial charge in [0.15, 0.2) is 12.4 Å². The van der Waals surface area contributed by atoms with Crippen molar-refractivity contribution in [2.24, 2.45) is 0 Å². The van der Waals surface area contributed by atoms with Crippen LogP contribution in [0.2, 0.25) is 0 Å². The molecule has 1 aromatic heterocycles. The first-order chi connectivity index (χ1) is 6.86. The Morgan fingerprint density at radius 2 is 1.87 bits per heavy atom. The second-order valence-electron chi connectivity index (χ2n) is 3.62. The molecule has 86 valence electrons. The third-order valence-corrected chi connectivity index (χ3v) is 2.35. The van der Waals surface area contributed by atoms with Crippen LogP contribution in [-0.2, 0) is 13.0 Å². The van der Waals surface area contributed by atoms with Crippen LogP contribution in [0.15, 0.2) is 24.5 Å². The molecule has 0 bridgehead atoms. The second-order valence-corrected chi connectivity index (χ2v) is 3.62. The summed E-state index contributed by atoms with van der Waals surface area (Å²) in [4.78, 5) is 0. The van der Waals surface area contributed by atoms with Gasteiger partial charge in [-0.15, -0.1) is 0 Å². The standard InChI is InChI=1S/C12H20NO.BrH/c1-2-3-8-13-9-6-12(7-10-13)5-4-11-14;/h6-7,9-10,14H,2-5,8,11H2,1H3;1H/q+1;/p-1. The highest BCUT2D eigenvalue weighted by atomic mass is 79.9. The van der Waals surface area contributed by atoms with Crippen molar-refractivity contribution in [1.82, 2.24) is 0 Å². The Hall–Kier alpha value is -0.410. The minimum Gasteiger partial charge on any atom is -1.00 e. The van der Waals surface area contributed by atoms with Gasteiger partial charge in [0.2, 0.25) is 0 Å². The van der Waals surface area contributed by atoms with E-state index in [0.29, 0.717) is 0 Å². The van der Waals surface area contributed by atoms with E-state index in [2.05, 4.69) is 36.0 Å². The molecule has 15 heavy (non-hydrogen) atoms. The third-order valence-electron chi connectivity index (χ3n) is 2.35. The van der Waals surface area contributed by atoms with Crippen LogP contribution in [0.4, 0.5) is 0 Å². The maximum Gasteiger partial charge on any atom is 0.169 e. The van der Waals surface area contributed by atoms with Crippen molar-refractivity contribution in [2.75, 3.05) is 6.61 Å². The van der Waals surface area contributed by atoms with Gasteiger partial charge < -0.3 is 22.1 Å². The van der Waals surface area contributed by atoms with E-state index in [-0.39, 0.29) is 23.6 Å². The van der Waals surface area contributed by atoms with Crippen molar-refractivity contribution in [3.8, 4) is 0 Å². The Bertz CT molecular complexity index is 221. The summed E-state index contributed by atoms with van der Waals surface area (Å²) in [5.41, 5.74) is 1.31. The minimum atomic E-state index is 0. The van der Waals surface area contributed by atoms with E-state index in [1.54, 1.807) is 0 Å². The number of aromatic nitrogens is 1. The molecule has 0 atom stereocenters. The summed E-state index contributed by atoms with van der Waals surface area (Å²) < 4.78 is 2.21. The number of hydrogen-bond acceptors (Lipinski definition) is 1. The molecule has 0 aliphatic rings. The van der Waals surface area contributed by atoms with Gasteiger partial charge in [0, 0.05) is 25.2 Å². The molecule has 0 aliphatic heterocycles. The van der Waals surface area contributed by atoms with Crippen molar-refractivity contribution in [1.29, 1.82) is 0 Å². The Balaban J connectivity index is 0.00000196. The molecular formula is C12H20BrNO. The zero-order valence-electron chi connectivity index (χ0n) is 9.32. The lowest BCUT2D eigenvalue weighted by Gasteiger charge is -1.98. The smallest absolute Gasteiger partial charge is 0.169 e. The number of pyridine rings is 1. The van der Waals surface area contributed by atoms with Gasteiger partial charge in [0.1, 0.15) is 6.54 Å². The van der Waals surface area contributed by atoms with Gasteiger partial charge >= 0.3 is 0 Å². The van der Waals surface area contributed by atoms with Gasteiger partial charge in [0.25, 0.3) is 0 Å². The highest BCUT2D eigenvalue weighted by Crippen LogP contribution is 1.99. The molecule has 0 unspecified atom stereocenters. The first-order valence-electron chi connectivity index (χ1n) is 5.45. The molecule has 3 heteroatoms. The summed E-state index contributed by atoms with van der Waals surface area (Å²) in [5.74, 6) is 0. The fraction of sp³-hybridized carbons (Fsp3) is 0.583. The zero-order chi connectivity index (χ0) is 10.2. The van der Waals surface area contributed by atoms with Crippen LogP contribution in [0.5, 0.6) is 0 Å². The third kappa shape index (κ3) is 5.90. The number of aliphatic hydroxyl groups excluding tert-OH is 1. The maximum atomic E-state index is 8.69. The van der Waals surface area contributed by atoms with Crippen LogP contribution in [0.25, 0.3) is 0 Å². The molecule has 0 saturated heterocycles. The molecule has 1 aromatic rings. The van der Waals surface area contributed by atoms with Gasteiger partial charge in [-0.05, 0) is 18.4 Å². The van der Waals surface area contributed by atoms with Gasteiger partial charge in [-0.2, -0.15) is 0 Å². The summed E-state index contributed by atoms with van der Waals surface area (Å²) in [7, 11) is 0. The summed E-state index contributed by atoms with van der Waals surface area (Å²) in [6.07, 6.45) is 8.56. The van der Waals surface area contributed by atoms with E-state index >= 15 is 0 Å². The normalized spacial score (nSPS) is 9.73. The Morgan fingerprint density at radius 3 is 2.40 bits per heavy atom. The fourth-order valence-corrected chi connectivity index (χ4v) is 1.43. The Morgan fingerprint density at radius 1 is 1.20 bits per heavy atom. The number of halogens is 1. The molecule has 0 aliphatic carbocycles. The quantitative estimate of drug-likeness (QED) is 0.641. The summed E-state index contributed by atoms with van der Waals surface area (Å²) in [5, 5.41) is 8.69. The monoisotopic (exact) mass is 273 g/mol. The van der Waals surface area contributed by atoms with Crippen molar-refractivity contribution in [3.63, 3.8) is 0 Å². The summed E-state index contributed by atoms with van der Waals surface area (Å²) in [6, 6.07) is 4.29. The number of hydrogen-bond donors (Lipinski definition) is 1. The van der Waals surface area contributed by atoms with Crippen LogP contribution in [-0.4, -0.2) is 11.7 Å². The summed E-state index contributed by atoms with van der Waals surface area (Å²) in [6.45, 7) is 3.59. The molecule has 0 radical (unpaired) electrons. The van der Waals surface area contributed by atoms with Crippen molar-refractivity contribution in [3.05, 3.63) is 30.1 Å². The second kappa shape index (κ2) is 8.86. The average molecular weight is 274 g/mol. The molecule has 0 aromatic carbocycles. The molecule has 1 rings (SSSR count). The Kier molecular flexibility index (Phi) is 8.62. The highest BCUT2D eigenvalue weighted by Gasteiger charge is 1.99. The minimum absolute atomic E-state index is 0. The van der Waals surface area contributed by atoms with Crippen molar-refractivity contribution >= 4 is 0 Å². The van der Waals surface area contributed by atoms with Gasteiger partial charge in [-0.1, -0.05) is 13.3 Å². The van der Waals surface area contributed by atoms with E-state index in [9.17, 15) is 0 Å². The zero-order valence-corrected chi connectivity index (χ0v) is 10.9. The first-order valence-corrected chi connectivity index (χ1v) is 5.45. The topological polar surface area (TPSA) is 24.1 Å². The molecule has 0 fully saturated rings. The number of aryl methyl sites for hydroxylation is 2. The van der Waals surface area contributed by atoms with Crippen molar-refractivity contribution in [2.45, 2.75) is 39.2 Å². The molecule has 0 saturated carbocycles. The molecule has 1 heterocycles. The van der Waals surface area contributed by atoms with Crippen LogP contribution in [0.1, 0.15) is 31.7 Å². The number of nitrogens with zero attached hydrogens (tertiary/aromatic N) is 1. The van der Waals surface area contributed by atoms with E-state index in [1.807, 2.05) is 0 Å². The first kappa shape index (κ1) is 14.6. The maximum absolute atomic E-state index is 8.69. The predicted octanol–water partition coefficient (Wildman–Crippen LogP) is -1.30. The SMILES string of the molecule is CCCC[n+]1ccc(CCCO)cc1.[Br-]. The van der Waals surface area contributed by atoms with E-state index in [0.717, 1.165) is 19.4 Å². The highest BCUT2D eigenvalue weighted by molar-refractivity contribution is 5.07. The van der Waals surface area contributed by atoms with E-state index in [4.69, 9.17) is 5.11 Å². The van der Waals surface area contributed by atoms with Gasteiger partial charge in [-0.3, -0.25) is 0 Å². The summed E-state index contributed by atoms with van der Waals surface area (Å²) >= 11 is 0. The fourth-order valence-electron chi connectivity index (χ4n) is 1.43. The number of aliphatic hydroxyl groups is 1. The van der Waals surface area contributed by atoms with Crippen molar-refractivity contribution < 1.29 is 26.7 Å². The predicted molar refractivity (Wildman–Crippen MR) is 57.0 cm³/mol. The lowest BCUT2D eigenvalue weighted by molar-refractivity contribution is -0.697. The van der Waals surface area contributed by atoms with Crippen LogP contribution in [0, 0.1) is 0 Å². The average Bonchev–Trinajstić information content (AvgIpc) is 2.25. The van der Waals surface area contributed by atoms with E-state index < -0.39 is 0 Å². The molecule has 1 N–H and O–H groups in total. The van der Waals surface area contributed by atoms with E-state index in [1.165, 1.54) is 18.4 Å². The largest absolute Gasteiger partial charge is 1.00 e. The van der Waals surface area contributed by atoms with Gasteiger partial charge in [-0.25, -0.2) is 4.57 Å². The Labute approximate surface area is 103 Å². The number of rotatable bonds is 6. The van der Waals surface area contributed by atoms with Crippen LogP contribution >= 0.6 is 0 Å². The van der Waals surface area contributed by atoms with Gasteiger partial charge in [0.05, 0.1) is 0 Å². The van der Waals surface area contributed by atoms with Crippen LogP contribution in [0.3, 0.4) is 0 Å².